The van der Waals surface area contributed by atoms with Crippen molar-refractivity contribution < 1.29 is 19.8 Å². The number of carbonyl (C=O) groups is 2. The fourth-order valence-electron chi connectivity index (χ4n) is 12.9. The first-order valence-electron chi connectivity index (χ1n) is 22.5. The largest absolute Gasteiger partial charge is 0.393 e. The molecule has 5 fully saturated rings. The number of nitrogens with zero attached hydrogens (tertiary/aromatic N) is 1. The fourth-order valence-corrected chi connectivity index (χ4v) is 12.9. The number of allylic oxidation sites excluding steroid dienone is 2. The molecule has 2 amide bonds. The molecular weight excluding hydrogens is 729 g/mol. The van der Waals surface area contributed by atoms with E-state index in [0.717, 1.165) is 58.5 Å². The molecule has 4 aromatic rings. The Morgan fingerprint density at radius 3 is 2.10 bits per heavy atom. The van der Waals surface area contributed by atoms with E-state index in [1.165, 1.54) is 44.1 Å². The monoisotopic (exact) mass is 790 g/mol. The Balaban J connectivity index is 1.08. The van der Waals surface area contributed by atoms with Crippen LogP contribution in [-0.4, -0.2) is 51.7 Å². The number of urea groups is 1. The highest BCUT2D eigenvalue weighted by molar-refractivity contribution is 6.10. The summed E-state index contributed by atoms with van der Waals surface area (Å²) < 4.78 is 0. The van der Waals surface area contributed by atoms with E-state index in [0.29, 0.717) is 49.8 Å². The van der Waals surface area contributed by atoms with Crippen molar-refractivity contribution in [1.82, 2.24) is 4.90 Å². The van der Waals surface area contributed by atoms with Crippen molar-refractivity contribution in [3.63, 3.8) is 0 Å². The van der Waals surface area contributed by atoms with E-state index in [4.69, 9.17) is 0 Å². The lowest BCUT2D eigenvalue weighted by Gasteiger charge is -2.58. The molecule has 0 radical (unpaired) electrons. The van der Waals surface area contributed by atoms with Crippen LogP contribution in [0.1, 0.15) is 124 Å². The molecular formula is C53H62N2O4. The third-order valence-corrected chi connectivity index (χ3v) is 15.6. The number of rotatable bonds is 8. The Labute approximate surface area is 351 Å². The van der Waals surface area contributed by atoms with Gasteiger partial charge in [0.15, 0.2) is 5.78 Å². The van der Waals surface area contributed by atoms with Crippen molar-refractivity contribution in [1.29, 1.82) is 0 Å². The predicted molar refractivity (Wildman–Crippen MR) is 236 cm³/mol. The predicted octanol–water partition coefficient (Wildman–Crippen LogP) is 11.4. The summed E-state index contributed by atoms with van der Waals surface area (Å²) in [5.74, 6) is 2.09. The summed E-state index contributed by atoms with van der Waals surface area (Å²) in [4.78, 5) is 31.4. The third kappa shape index (κ3) is 8.08. The normalized spacial score (nSPS) is 31.3. The second kappa shape index (κ2) is 16.2. The van der Waals surface area contributed by atoms with Crippen LogP contribution in [0, 0.1) is 28.6 Å². The van der Waals surface area contributed by atoms with Crippen molar-refractivity contribution in [2.75, 3.05) is 18.4 Å². The number of amides is 2. The maximum atomic E-state index is 14.8. The van der Waals surface area contributed by atoms with E-state index in [1.807, 2.05) is 83.8 Å². The second-order valence-electron chi connectivity index (χ2n) is 19.8. The molecule has 0 saturated heterocycles. The van der Waals surface area contributed by atoms with Gasteiger partial charge >= 0.3 is 6.03 Å². The highest BCUT2D eigenvalue weighted by Gasteiger charge is 2.59. The van der Waals surface area contributed by atoms with Gasteiger partial charge in [0.1, 0.15) is 0 Å². The number of para-hydroxylation sites is 1. The molecule has 308 valence electrons. The molecule has 0 unspecified atom stereocenters. The molecule has 6 heteroatoms. The quantitative estimate of drug-likeness (QED) is 0.122. The first-order chi connectivity index (χ1) is 28.5. The smallest absolute Gasteiger partial charge is 0.321 e. The summed E-state index contributed by atoms with van der Waals surface area (Å²) in [5.41, 5.74) is 5.60. The van der Waals surface area contributed by atoms with Crippen LogP contribution in [0.2, 0.25) is 0 Å². The van der Waals surface area contributed by atoms with Crippen LogP contribution >= 0.6 is 0 Å². The molecule has 11 rings (SSSR count). The zero-order valence-electron chi connectivity index (χ0n) is 35.0. The standard InChI is InChI=1S/C53H62N2O4/c1-36-10-9-24-51(2)48(46-22-16-37(29-45(56)21-15-36)30-47(46)49(57)43-19-17-42(18-20-43)41-11-5-3-6-12-41)23-25-53(51,59)35-55(50(58)54-44-13-7-4-8-14-44)34-52-31-38-26-39(32-52)28-40(27-38)33-52/h3-8,10-14,16-20,22,30,38-40,45,48,56,59H,9,15,21,23-29,31-35H2,1-2H3,(H,54,58)/t38?,39?,40?,45-,48-,51-,52?,53+/m0/s1. The molecule has 0 aromatic heterocycles. The molecule has 0 heterocycles. The van der Waals surface area contributed by atoms with E-state index < -0.39 is 17.1 Å². The zero-order chi connectivity index (χ0) is 40.8. The summed E-state index contributed by atoms with van der Waals surface area (Å²) in [6.07, 6.45) is 13.9. The van der Waals surface area contributed by atoms with Gasteiger partial charge in [-0.3, -0.25) is 4.79 Å². The van der Waals surface area contributed by atoms with E-state index in [9.17, 15) is 19.8 Å². The van der Waals surface area contributed by atoms with Gasteiger partial charge in [0.2, 0.25) is 0 Å². The number of aliphatic hydroxyl groups is 2. The van der Waals surface area contributed by atoms with Crippen LogP contribution in [0.3, 0.4) is 0 Å². The molecule has 0 spiro atoms. The first-order valence-corrected chi connectivity index (χ1v) is 22.5. The number of nitrogens with one attached hydrogen (secondary N) is 1. The van der Waals surface area contributed by atoms with Crippen molar-refractivity contribution in [3.8, 4) is 11.1 Å². The molecule has 4 aromatic carbocycles. The lowest BCUT2D eigenvalue weighted by Crippen LogP contribution is -2.58. The van der Waals surface area contributed by atoms with Gasteiger partial charge in [0.25, 0.3) is 0 Å². The second-order valence-corrected chi connectivity index (χ2v) is 19.8. The van der Waals surface area contributed by atoms with Crippen molar-refractivity contribution in [2.24, 2.45) is 28.6 Å². The molecule has 3 N–H and O–H groups in total. The first kappa shape index (κ1) is 39.9. The Morgan fingerprint density at radius 1 is 0.780 bits per heavy atom. The van der Waals surface area contributed by atoms with Crippen LogP contribution < -0.4 is 5.32 Å². The van der Waals surface area contributed by atoms with Gasteiger partial charge in [0.05, 0.1) is 18.2 Å². The minimum Gasteiger partial charge on any atom is -0.393 e. The summed E-state index contributed by atoms with van der Waals surface area (Å²) in [6, 6.07) is 33.9. The molecule has 7 aliphatic rings. The number of hydrogen-bond acceptors (Lipinski definition) is 4. The van der Waals surface area contributed by atoms with Crippen LogP contribution in [0.5, 0.6) is 0 Å². The van der Waals surface area contributed by atoms with Gasteiger partial charge in [-0.15, -0.1) is 0 Å². The number of carbonyl (C=O) groups excluding carboxylic acids is 2. The highest BCUT2D eigenvalue weighted by Crippen LogP contribution is 2.62. The van der Waals surface area contributed by atoms with Gasteiger partial charge < -0.3 is 20.4 Å². The molecule has 0 aliphatic heterocycles. The highest BCUT2D eigenvalue weighted by atomic mass is 16.3. The number of ketones is 1. The average molecular weight is 791 g/mol. The van der Waals surface area contributed by atoms with Crippen molar-refractivity contribution in [2.45, 2.75) is 115 Å². The zero-order valence-corrected chi connectivity index (χ0v) is 35.0. The Bertz CT molecular complexity index is 2140. The van der Waals surface area contributed by atoms with E-state index in [2.05, 4.69) is 49.5 Å². The van der Waals surface area contributed by atoms with Gasteiger partial charge in [-0.25, -0.2) is 4.79 Å². The fraction of sp³-hybridized carbons (Fsp3) is 0.472. The van der Waals surface area contributed by atoms with E-state index in [1.54, 1.807) is 0 Å². The van der Waals surface area contributed by atoms with Gasteiger partial charge in [-0.1, -0.05) is 104 Å². The third-order valence-electron chi connectivity index (χ3n) is 15.6. The SMILES string of the molecule is CC1=CCC[C@@]2(C)[C@@H](CC[C@@]2(O)CN(CC23CC4CC(CC(C4)C2)C3)C(=O)Nc2ccccc2)c2ccc(cc2C(=O)c2ccc(-c3ccccc3)cc2)C[C@@H](O)CC1. The minimum atomic E-state index is -1.20. The number of benzene rings is 4. The summed E-state index contributed by atoms with van der Waals surface area (Å²) >= 11 is 0. The van der Waals surface area contributed by atoms with Crippen LogP contribution in [-0.2, 0) is 6.42 Å². The molecule has 4 atom stereocenters. The minimum absolute atomic E-state index is 0.0396. The number of fused-ring (bicyclic) bond motifs is 8. The summed E-state index contributed by atoms with van der Waals surface area (Å²) in [6.45, 7) is 5.29. The van der Waals surface area contributed by atoms with Crippen LogP contribution in [0.15, 0.2) is 115 Å². The van der Waals surface area contributed by atoms with Gasteiger partial charge in [-0.05, 0) is 160 Å². The molecule has 5 saturated carbocycles. The maximum absolute atomic E-state index is 14.8. The Kier molecular flexibility index (Phi) is 10.9. The lowest BCUT2D eigenvalue weighted by atomic mass is 9.49. The lowest BCUT2D eigenvalue weighted by molar-refractivity contribution is -0.0975. The van der Waals surface area contributed by atoms with E-state index >= 15 is 0 Å². The number of hydrogen-bond donors (Lipinski definition) is 3. The molecule has 6 bridgehead atoms. The van der Waals surface area contributed by atoms with Gasteiger partial charge in [-0.2, -0.15) is 0 Å². The van der Waals surface area contributed by atoms with Gasteiger partial charge in [0, 0.05) is 28.8 Å². The molecule has 7 aliphatic carbocycles. The molecule has 59 heavy (non-hydrogen) atoms. The number of anilines is 1. The van der Waals surface area contributed by atoms with E-state index in [-0.39, 0.29) is 29.7 Å². The van der Waals surface area contributed by atoms with Crippen LogP contribution in [0.4, 0.5) is 10.5 Å². The molecule has 6 nitrogen and oxygen atoms in total. The van der Waals surface area contributed by atoms with Crippen molar-refractivity contribution >= 4 is 17.5 Å². The van der Waals surface area contributed by atoms with Crippen molar-refractivity contribution in [3.05, 3.63) is 137 Å². The average Bonchev–Trinajstić information content (AvgIpc) is 3.48. The Hall–Kier alpha value is -4.52. The summed E-state index contributed by atoms with van der Waals surface area (Å²) in [7, 11) is 0. The van der Waals surface area contributed by atoms with Crippen LogP contribution in [0.25, 0.3) is 11.1 Å². The Morgan fingerprint density at radius 2 is 1.42 bits per heavy atom. The maximum Gasteiger partial charge on any atom is 0.321 e. The number of aliphatic hydroxyl groups excluding tert-OH is 1. The summed E-state index contributed by atoms with van der Waals surface area (Å²) in [5, 5.41) is 27.8. The topological polar surface area (TPSA) is 89.9 Å².